The fraction of sp³-hybridized carbons (Fsp3) is 0.333. The molecule has 0 aliphatic heterocycles. The molecule has 21 heavy (non-hydrogen) atoms. The van der Waals surface area contributed by atoms with Crippen molar-refractivity contribution in [3.8, 4) is 11.6 Å². The molecule has 0 bridgehead atoms. The molecule has 0 spiro atoms. The van der Waals surface area contributed by atoms with Crippen LogP contribution < -0.4 is 10.5 Å². The van der Waals surface area contributed by atoms with E-state index in [-0.39, 0.29) is 17.1 Å². The Hall–Kier alpha value is -1.52. The Morgan fingerprint density at radius 1 is 1.14 bits per heavy atom. The fourth-order valence-electron chi connectivity index (χ4n) is 1.93. The van der Waals surface area contributed by atoms with Crippen LogP contribution >= 0.6 is 23.2 Å². The Labute approximate surface area is 134 Å². The van der Waals surface area contributed by atoms with E-state index >= 15 is 0 Å². The average molecular weight is 326 g/mol. The number of hydrogen-bond donors (Lipinski definition) is 1. The fourth-order valence-corrected chi connectivity index (χ4v) is 2.57. The lowest BCUT2D eigenvalue weighted by Crippen LogP contribution is -2.02. The van der Waals surface area contributed by atoms with Crippen molar-refractivity contribution >= 4 is 28.9 Å². The number of nitrogens with two attached hydrogens (primary N) is 1. The van der Waals surface area contributed by atoms with Crippen LogP contribution in [-0.2, 0) is 0 Å². The molecule has 0 radical (unpaired) electrons. The molecule has 112 valence electrons. The number of anilines is 1. The molecule has 1 heterocycles. The molecular formula is C15H17Cl2N3O. The molecule has 0 unspecified atom stereocenters. The van der Waals surface area contributed by atoms with Crippen LogP contribution in [0.25, 0.3) is 0 Å². The summed E-state index contributed by atoms with van der Waals surface area (Å²) in [6, 6.07) is 3.78. The lowest BCUT2D eigenvalue weighted by molar-refractivity contribution is 0.459. The van der Waals surface area contributed by atoms with Gasteiger partial charge in [0.2, 0.25) is 11.2 Å². The van der Waals surface area contributed by atoms with Gasteiger partial charge in [-0.15, -0.1) is 0 Å². The molecule has 2 N–H and O–H groups in total. The molecule has 1 aromatic carbocycles. The van der Waals surface area contributed by atoms with Crippen LogP contribution in [0, 0.1) is 13.8 Å². The molecule has 0 amide bonds. The van der Waals surface area contributed by atoms with E-state index in [1.54, 1.807) is 6.92 Å². The third kappa shape index (κ3) is 3.39. The molecule has 0 aliphatic rings. The third-order valence-electron chi connectivity index (χ3n) is 3.20. The zero-order valence-corrected chi connectivity index (χ0v) is 13.9. The minimum atomic E-state index is 0.104. The number of hydrogen-bond acceptors (Lipinski definition) is 4. The molecule has 0 saturated carbocycles. The molecule has 0 aliphatic carbocycles. The summed E-state index contributed by atoms with van der Waals surface area (Å²) in [6.45, 7) is 7.81. The smallest absolute Gasteiger partial charge is 0.247 e. The summed E-state index contributed by atoms with van der Waals surface area (Å²) in [5.41, 5.74) is 8.81. The quantitative estimate of drug-likeness (QED) is 0.815. The first-order valence-electron chi connectivity index (χ1n) is 6.57. The number of ether oxygens (including phenoxy) is 1. The second-order valence-corrected chi connectivity index (χ2v) is 5.94. The lowest BCUT2D eigenvalue weighted by atomic mass is 10.0. The maximum Gasteiger partial charge on any atom is 0.247 e. The number of nitrogens with zero attached hydrogens (tertiary/aromatic N) is 2. The predicted molar refractivity (Wildman–Crippen MR) is 86.5 cm³/mol. The number of aromatic nitrogens is 2. The van der Waals surface area contributed by atoms with Crippen molar-refractivity contribution < 1.29 is 4.74 Å². The summed E-state index contributed by atoms with van der Waals surface area (Å²) in [7, 11) is 0. The van der Waals surface area contributed by atoms with Gasteiger partial charge in [-0.1, -0.05) is 25.4 Å². The van der Waals surface area contributed by atoms with Gasteiger partial charge in [0.15, 0.2) is 0 Å². The Kier molecular flexibility index (Phi) is 4.59. The number of rotatable bonds is 3. The molecule has 0 saturated heterocycles. The Morgan fingerprint density at radius 3 is 2.43 bits per heavy atom. The highest BCUT2D eigenvalue weighted by Gasteiger charge is 2.14. The SMILES string of the molecule is Cc1cc(Cl)c(C(C)C)cc1Oc1nc(Cl)nc(C)c1N. The summed E-state index contributed by atoms with van der Waals surface area (Å²) < 4.78 is 5.83. The predicted octanol–water partition coefficient (Wildman–Crippen LogP) is 4.90. The molecular weight excluding hydrogens is 309 g/mol. The van der Waals surface area contributed by atoms with Gasteiger partial charge < -0.3 is 10.5 Å². The molecule has 4 nitrogen and oxygen atoms in total. The van der Waals surface area contributed by atoms with Crippen molar-refractivity contribution in [1.29, 1.82) is 0 Å². The first-order valence-corrected chi connectivity index (χ1v) is 7.32. The van der Waals surface area contributed by atoms with E-state index in [1.807, 2.05) is 19.1 Å². The minimum Gasteiger partial charge on any atom is -0.437 e. The molecule has 0 fully saturated rings. The lowest BCUT2D eigenvalue weighted by Gasteiger charge is -2.15. The average Bonchev–Trinajstić information content (AvgIpc) is 2.37. The summed E-state index contributed by atoms with van der Waals surface area (Å²) in [4.78, 5) is 8.03. The molecule has 0 atom stereocenters. The minimum absolute atomic E-state index is 0.104. The Bertz CT molecular complexity index is 687. The van der Waals surface area contributed by atoms with Crippen molar-refractivity contribution in [1.82, 2.24) is 9.97 Å². The molecule has 2 aromatic rings. The number of benzene rings is 1. The van der Waals surface area contributed by atoms with Gasteiger partial charge in [0.1, 0.15) is 11.4 Å². The van der Waals surface area contributed by atoms with Crippen LogP contribution in [-0.4, -0.2) is 9.97 Å². The van der Waals surface area contributed by atoms with Crippen LogP contribution in [0.4, 0.5) is 5.69 Å². The summed E-state index contributed by atoms with van der Waals surface area (Å²) in [6.07, 6.45) is 0. The molecule has 1 aromatic heterocycles. The van der Waals surface area contributed by atoms with Gasteiger partial charge in [0.25, 0.3) is 0 Å². The van der Waals surface area contributed by atoms with Crippen molar-refractivity contribution in [2.45, 2.75) is 33.6 Å². The van der Waals surface area contributed by atoms with Gasteiger partial charge >= 0.3 is 0 Å². The zero-order chi connectivity index (χ0) is 15.7. The Balaban J connectivity index is 2.47. The molecule has 6 heteroatoms. The number of nitrogen functional groups attached to an aromatic ring is 1. The van der Waals surface area contributed by atoms with Gasteiger partial charge in [-0.2, -0.15) is 4.98 Å². The van der Waals surface area contributed by atoms with Crippen LogP contribution in [0.3, 0.4) is 0 Å². The van der Waals surface area contributed by atoms with E-state index in [0.29, 0.717) is 17.1 Å². The van der Waals surface area contributed by atoms with Crippen molar-refractivity contribution in [3.05, 3.63) is 39.3 Å². The van der Waals surface area contributed by atoms with E-state index in [0.717, 1.165) is 16.1 Å². The van der Waals surface area contributed by atoms with Crippen molar-refractivity contribution in [2.24, 2.45) is 0 Å². The third-order valence-corrected chi connectivity index (χ3v) is 3.69. The normalized spacial score (nSPS) is 11.0. The van der Waals surface area contributed by atoms with Crippen molar-refractivity contribution in [3.63, 3.8) is 0 Å². The van der Waals surface area contributed by atoms with Gasteiger partial charge in [-0.25, -0.2) is 4.98 Å². The van der Waals surface area contributed by atoms with Crippen LogP contribution in [0.15, 0.2) is 12.1 Å². The highest BCUT2D eigenvalue weighted by molar-refractivity contribution is 6.31. The standard InChI is InChI=1S/C15H17Cl2N3O/c1-7(2)10-6-12(8(3)5-11(10)16)21-14-13(18)9(4)19-15(17)20-14/h5-7H,18H2,1-4H3. The monoisotopic (exact) mass is 325 g/mol. The highest BCUT2D eigenvalue weighted by Crippen LogP contribution is 2.35. The topological polar surface area (TPSA) is 61.0 Å². The first-order chi connectivity index (χ1) is 9.79. The van der Waals surface area contributed by atoms with Gasteiger partial charge in [0, 0.05) is 5.02 Å². The van der Waals surface area contributed by atoms with E-state index in [2.05, 4.69) is 23.8 Å². The van der Waals surface area contributed by atoms with E-state index < -0.39 is 0 Å². The van der Waals surface area contributed by atoms with E-state index in [1.165, 1.54) is 0 Å². The Morgan fingerprint density at radius 2 is 1.81 bits per heavy atom. The summed E-state index contributed by atoms with van der Waals surface area (Å²) >= 11 is 12.1. The molecule has 2 rings (SSSR count). The second kappa shape index (κ2) is 6.08. The van der Waals surface area contributed by atoms with Crippen LogP contribution in [0.1, 0.15) is 36.6 Å². The van der Waals surface area contributed by atoms with Crippen LogP contribution in [0.2, 0.25) is 10.3 Å². The maximum atomic E-state index is 6.25. The van der Waals surface area contributed by atoms with Gasteiger partial charge in [-0.3, -0.25) is 0 Å². The van der Waals surface area contributed by atoms with Crippen LogP contribution in [0.5, 0.6) is 11.6 Å². The largest absolute Gasteiger partial charge is 0.437 e. The second-order valence-electron chi connectivity index (χ2n) is 5.19. The number of aryl methyl sites for hydroxylation is 2. The van der Waals surface area contributed by atoms with Gasteiger partial charge in [-0.05, 0) is 54.6 Å². The van der Waals surface area contributed by atoms with Gasteiger partial charge in [0.05, 0.1) is 5.69 Å². The van der Waals surface area contributed by atoms with E-state index in [9.17, 15) is 0 Å². The highest BCUT2D eigenvalue weighted by atomic mass is 35.5. The zero-order valence-electron chi connectivity index (χ0n) is 12.4. The first kappa shape index (κ1) is 15.9. The summed E-state index contributed by atoms with van der Waals surface area (Å²) in [5.74, 6) is 1.20. The van der Waals surface area contributed by atoms with E-state index in [4.69, 9.17) is 33.7 Å². The van der Waals surface area contributed by atoms with Crippen molar-refractivity contribution in [2.75, 3.05) is 5.73 Å². The maximum absolute atomic E-state index is 6.25. The summed E-state index contributed by atoms with van der Waals surface area (Å²) in [5, 5.41) is 0.826. The number of halogens is 2.